The number of hydrogen-bond acceptors (Lipinski definition) is 3. The van der Waals surface area contributed by atoms with Crippen LogP contribution in [0.5, 0.6) is 0 Å². The lowest BCUT2D eigenvalue weighted by Gasteiger charge is -2.14. The molecule has 0 aromatic rings. The number of rotatable bonds is 6. The zero-order chi connectivity index (χ0) is 11.1. The highest BCUT2D eigenvalue weighted by Gasteiger charge is 2.21. The van der Waals surface area contributed by atoms with Gasteiger partial charge in [-0.2, -0.15) is 0 Å². The van der Waals surface area contributed by atoms with Crippen LogP contribution in [-0.2, 0) is 4.79 Å². The fraction of sp³-hybridized carbons (Fsp3) is 0.667. The van der Waals surface area contributed by atoms with Gasteiger partial charge in [0.05, 0.1) is 0 Å². The first-order chi connectivity index (χ1) is 6.45. The van der Waals surface area contributed by atoms with Crippen LogP contribution in [-0.4, -0.2) is 33.1 Å². The molecule has 6 nitrogen and oxygen atoms in total. The molecule has 0 saturated heterocycles. The summed E-state index contributed by atoms with van der Waals surface area (Å²) < 4.78 is 0.948. The highest BCUT2D eigenvalue weighted by molar-refractivity contribution is 9.08. The summed E-state index contributed by atoms with van der Waals surface area (Å²) in [7, 11) is 0. The number of hydrogen-bond donors (Lipinski definition) is 4. The Bertz CT molecular complexity index is 214. The van der Waals surface area contributed by atoms with E-state index in [0.29, 0.717) is 19.4 Å². The number of carboxylic acid groups (broad SMARTS) is 1. The molecule has 0 rings (SSSR count). The number of aliphatic carboxylic acids is 1. The standard InChI is InChI=1S/C6H12BrClN4O2/c7-12(8)4(5(13)14)2-1-3-11-6(9)10/h4H,1-3H2,(H,13,14)(H4,9,10,11)/t4-/m0/s1. The third-order valence-electron chi connectivity index (χ3n) is 1.49. The molecule has 0 amide bonds. The summed E-state index contributed by atoms with van der Waals surface area (Å²) in [6, 6.07) is -0.787. The Hall–Kier alpha value is -0.530. The van der Waals surface area contributed by atoms with E-state index in [1.54, 1.807) is 0 Å². The van der Waals surface area contributed by atoms with E-state index in [1.807, 2.05) is 0 Å². The molecule has 0 saturated carbocycles. The van der Waals surface area contributed by atoms with Crippen molar-refractivity contribution in [1.82, 2.24) is 8.76 Å². The maximum atomic E-state index is 10.6. The van der Waals surface area contributed by atoms with Gasteiger partial charge in [-0.3, -0.25) is 10.2 Å². The number of carboxylic acids is 1. The average molecular weight is 288 g/mol. The molecule has 0 aliphatic heterocycles. The maximum absolute atomic E-state index is 10.6. The molecule has 82 valence electrons. The molecular formula is C6H12BrClN4O2. The Labute approximate surface area is 95.3 Å². The van der Waals surface area contributed by atoms with Gasteiger partial charge < -0.3 is 16.2 Å². The van der Waals surface area contributed by atoms with E-state index in [4.69, 9.17) is 28.0 Å². The first-order valence-electron chi connectivity index (χ1n) is 3.86. The molecule has 14 heavy (non-hydrogen) atoms. The minimum Gasteiger partial charge on any atom is -0.480 e. The minimum atomic E-state index is -1.00. The van der Waals surface area contributed by atoms with E-state index < -0.39 is 12.0 Å². The van der Waals surface area contributed by atoms with Gasteiger partial charge in [-0.25, -0.2) is 0 Å². The predicted molar refractivity (Wildman–Crippen MR) is 57.2 cm³/mol. The van der Waals surface area contributed by atoms with Crippen LogP contribution in [0, 0.1) is 5.41 Å². The van der Waals surface area contributed by atoms with Gasteiger partial charge in [0, 0.05) is 22.7 Å². The first-order valence-corrected chi connectivity index (χ1v) is 4.91. The van der Waals surface area contributed by atoms with Gasteiger partial charge in [0.25, 0.3) is 0 Å². The average Bonchev–Trinajstić information content (AvgIpc) is 2.01. The lowest BCUT2D eigenvalue weighted by molar-refractivity contribution is -0.140. The topological polar surface area (TPSA) is 102 Å². The minimum absolute atomic E-state index is 0.126. The van der Waals surface area contributed by atoms with Crippen LogP contribution in [0.4, 0.5) is 0 Å². The van der Waals surface area contributed by atoms with E-state index in [2.05, 4.69) is 21.5 Å². The molecule has 0 unspecified atom stereocenters. The van der Waals surface area contributed by atoms with Gasteiger partial charge >= 0.3 is 5.97 Å². The molecule has 0 fully saturated rings. The molecular weight excluding hydrogens is 275 g/mol. The number of nitrogens with one attached hydrogen (secondary N) is 2. The smallest absolute Gasteiger partial charge is 0.323 e. The quantitative estimate of drug-likeness (QED) is 0.246. The molecule has 1 atom stereocenters. The highest BCUT2D eigenvalue weighted by Crippen LogP contribution is 2.14. The van der Waals surface area contributed by atoms with Crippen LogP contribution in [0.3, 0.4) is 0 Å². The Morgan fingerprint density at radius 2 is 2.36 bits per heavy atom. The van der Waals surface area contributed by atoms with Crippen molar-refractivity contribution in [2.24, 2.45) is 5.73 Å². The van der Waals surface area contributed by atoms with Crippen LogP contribution in [0.2, 0.25) is 0 Å². The van der Waals surface area contributed by atoms with Gasteiger partial charge in [0.1, 0.15) is 6.04 Å². The van der Waals surface area contributed by atoms with Crippen LogP contribution in [0.25, 0.3) is 0 Å². The molecule has 0 aliphatic rings. The number of nitrogens with zero attached hydrogens (tertiary/aromatic N) is 1. The zero-order valence-corrected chi connectivity index (χ0v) is 9.68. The van der Waals surface area contributed by atoms with Gasteiger partial charge in [0.2, 0.25) is 0 Å². The summed E-state index contributed by atoms with van der Waals surface area (Å²) >= 11 is 8.32. The summed E-state index contributed by atoms with van der Waals surface area (Å²) in [4.78, 5) is 10.6. The molecule has 5 N–H and O–H groups in total. The van der Waals surface area contributed by atoms with Crippen LogP contribution in [0.15, 0.2) is 0 Å². The monoisotopic (exact) mass is 286 g/mol. The second kappa shape index (κ2) is 6.86. The SMILES string of the molecule is N=C(N)NCCC[C@@H](C(=O)O)N(Cl)Br. The molecule has 8 heteroatoms. The lowest BCUT2D eigenvalue weighted by Crippen LogP contribution is -2.33. The first kappa shape index (κ1) is 13.5. The number of guanidine groups is 1. The van der Waals surface area contributed by atoms with Crippen molar-refractivity contribution >= 4 is 39.9 Å². The molecule has 0 aromatic heterocycles. The molecule has 0 radical (unpaired) electrons. The normalized spacial score (nSPS) is 12.5. The van der Waals surface area contributed by atoms with Gasteiger partial charge in [-0.15, -0.1) is 3.45 Å². The van der Waals surface area contributed by atoms with Crippen molar-refractivity contribution < 1.29 is 9.90 Å². The molecule has 0 spiro atoms. The summed E-state index contributed by atoms with van der Waals surface area (Å²) in [5.74, 6) is -1.13. The Balaban J connectivity index is 3.73. The summed E-state index contributed by atoms with van der Waals surface area (Å²) in [5.41, 5.74) is 5.04. The predicted octanol–water partition coefficient (Wildman–Crippen LogP) is 0.469. The van der Waals surface area contributed by atoms with E-state index in [1.165, 1.54) is 0 Å². The zero-order valence-electron chi connectivity index (χ0n) is 7.33. The third kappa shape index (κ3) is 6.01. The second-order valence-electron chi connectivity index (χ2n) is 2.60. The van der Waals surface area contributed by atoms with Gasteiger partial charge in [-0.05, 0) is 24.6 Å². The van der Waals surface area contributed by atoms with Crippen LogP contribution < -0.4 is 11.1 Å². The molecule has 0 heterocycles. The third-order valence-corrected chi connectivity index (χ3v) is 2.22. The Morgan fingerprint density at radius 1 is 1.79 bits per heavy atom. The maximum Gasteiger partial charge on any atom is 0.323 e. The fourth-order valence-electron chi connectivity index (χ4n) is 0.823. The van der Waals surface area contributed by atoms with Crippen molar-refractivity contribution in [2.75, 3.05) is 6.54 Å². The van der Waals surface area contributed by atoms with Crippen molar-refractivity contribution in [3.63, 3.8) is 0 Å². The Morgan fingerprint density at radius 3 is 2.71 bits per heavy atom. The van der Waals surface area contributed by atoms with Crippen molar-refractivity contribution in [2.45, 2.75) is 18.9 Å². The number of nitrogens with two attached hydrogens (primary N) is 1. The highest BCUT2D eigenvalue weighted by atomic mass is 79.9. The second-order valence-corrected chi connectivity index (χ2v) is 4.13. The van der Waals surface area contributed by atoms with Crippen LogP contribution in [0.1, 0.15) is 12.8 Å². The summed E-state index contributed by atoms with van der Waals surface area (Å²) in [6.07, 6.45) is 0.926. The van der Waals surface area contributed by atoms with E-state index in [0.717, 1.165) is 3.45 Å². The number of halogens is 2. The lowest BCUT2D eigenvalue weighted by atomic mass is 10.2. The van der Waals surface area contributed by atoms with Gasteiger partial charge in [-0.1, -0.05) is 0 Å². The van der Waals surface area contributed by atoms with Crippen molar-refractivity contribution in [3.8, 4) is 0 Å². The van der Waals surface area contributed by atoms with E-state index in [-0.39, 0.29) is 5.96 Å². The summed E-state index contributed by atoms with van der Waals surface area (Å²) in [6.45, 7) is 0.455. The number of carbonyl (C=O) groups is 1. The van der Waals surface area contributed by atoms with Crippen LogP contribution >= 0.6 is 27.9 Å². The molecule has 0 bridgehead atoms. The fourth-order valence-corrected chi connectivity index (χ4v) is 1.38. The van der Waals surface area contributed by atoms with E-state index in [9.17, 15) is 4.79 Å². The molecule has 0 aliphatic carbocycles. The van der Waals surface area contributed by atoms with Crippen molar-refractivity contribution in [1.29, 1.82) is 5.41 Å². The Kier molecular flexibility index (Phi) is 6.60. The van der Waals surface area contributed by atoms with Gasteiger partial charge in [0.15, 0.2) is 5.96 Å². The largest absolute Gasteiger partial charge is 0.480 e. The summed E-state index contributed by atoms with van der Waals surface area (Å²) in [5, 5.41) is 18.1. The molecule has 0 aromatic carbocycles. The van der Waals surface area contributed by atoms with Crippen molar-refractivity contribution in [3.05, 3.63) is 0 Å². The van der Waals surface area contributed by atoms with E-state index >= 15 is 0 Å².